The van der Waals surface area contributed by atoms with Crippen LogP contribution in [-0.4, -0.2) is 34.5 Å². The van der Waals surface area contributed by atoms with Gasteiger partial charge in [0.05, 0.1) is 30.4 Å². The van der Waals surface area contributed by atoms with Crippen molar-refractivity contribution in [3.8, 4) is 11.3 Å². The zero-order valence-corrected chi connectivity index (χ0v) is 14.4. The van der Waals surface area contributed by atoms with Gasteiger partial charge in [-0.2, -0.15) is 0 Å². The van der Waals surface area contributed by atoms with Crippen LogP contribution < -0.4 is 0 Å². The van der Waals surface area contributed by atoms with Crippen LogP contribution in [0, 0.1) is 5.82 Å². The molecule has 0 amide bonds. The van der Waals surface area contributed by atoms with Crippen LogP contribution in [0.1, 0.15) is 32.8 Å². The van der Waals surface area contributed by atoms with Crippen LogP contribution in [0.2, 0.25) is 0 Å². The van der Waals surface area contributed by atoms with Crippen LogP contribution in [0.25, 0.3) is 11.3 Å². The number of methoxy groups -OCH3 is 1. The smallest absolute Gasteiger partial charge is 0.339 e. The average Bonchev–Trinajstić information content (AvgIpc) is 3.25. The lowest BCUT2D eigenvalue weighted by Crippen LogP contribution is -2.39. The van der Waals surface area contributed by atoms with E-state index in [0.717, 1.165) is 12.1 Å². The largest absolute Gasteiger partial charge is 0.478 e. The first-order chi connectivity index (χ1) is 12.9. The molecule has 0 aliphatic carbocycles. The van der Waals surface area contributed by atoms with Gasteiger partial charge < -0.3 is 23.9 Å². The number of hydrogen-bond donors (Lipinski definition) is 1. The Bertz CT molecular complexity index is 969. The fourth-order valence-electron chi connectivity index (χ4n) is 3.62. The van der Waals surface area contributed by atoms with Crippen LogP contribution in [0.3, 0.4) is 0 Å². The molecule has 0 saturated heterocycles. The van der Waals surface area contributed by atoms with E-state index in [2.05, 4.69) is 0 Å². The molecule has 1 aromatic carbocycles. The van der Waals surface area contributed by atoms with E-state index in [1.807, 2.05) is 0 Å². The molecule has 1 aromatic heterocycles. The van der Waals surface area contributed by atoms with E-state index in [-0.39, 0.29) is 23.1 Å². The predicted molar refractivity (Wildman–Crippen MR) is 90.5 cm³/mol. The molecule has 1 spiro atoms. The molecular formula is C19H16FNO6. The normalized spacial score (nSPS) is 16.5. The topological polar surface area (TPSA) is 87.0 Å². The minimum atomic E-state index is -1.18. The van der Waals surface area contributed by atoms with E-state index < -0.39 is 23.5 Å². The highest BCUT2D eigenvalue weighted by Gasteiger charge is 2.42. The summed E-state index contributed by atoms with van der Waals surface area (Å²) in [4.78, 5) is 23.9. The first-order valence-corrected chi connectivity index (χ1v) is 8.29. The fourth-order valence-corrected chi connectivity index (χ4v) is 3.62. The predicted octanol–water partition coefficient (Wildman–Crippen LogP) is 2.94. The highest BCUT2D eigenvalue weighted by atomic mass is 19.1. The van der Waals surface area contributed by atoms with Gasteiger partial charge in [0, 0.05) is 24.2 Å². The van der Waals surface area contributed by atoms with Gasteiger partial charge in [0.15, 0.2) is 0 Å². The third-order valence-electron chi connectivity index (χ3n) is 4.88. The second-order valence-corrected chi connectivity index (χ2v) is 6.37. The van der Waals surface area contributed by atoms with Gasteiger partial charge in [-0.15, -0.1) is 0 Å². The second kappa shape index (κ2) is 6.15. The number of ether oxygens (including phenoxy) is 3. The third kappa shape index (κ3) is 2.73. The van der Waals surface area contributed by atoms with Crippen molar-refractivity contribution in [2.75, 3.05) is 7.11 Å². The van der Waals surface area contributed by atoms with Crippen LogP contribution in [0.15, 0.2) is 36.8 Å². The first kappa shape index (κ1) is 17.1. The summed E-state index contributed by atoms with van der Waals surface area (Å²) >= 11 is 0. The van der Waals surface area contributed by atoms with E-state index in [9.17, 15) is 19.1 Å². The summed E-state index contributed by atoms with van der Waals surface area (Å²) in [5.74, 6) is -3.21. The average molecular weight is 373 g/mol. The molecular weight excluding hydrogens is 357 g/mol. The molecule has 0 fully saturated rings. The molecule has 0 saturated carbocycles. The summed E-state index contributed by atoms with van der Waals surface area (Å²) < 4.78 is 31.7. The lowest BCUT2D eigenvalue weighted by Gasteiger charge is -2.33. The molecule has 1 N–H and O–H groups in total. The number of esters is 1. The van der Waals surface area contributed by atoms with Crippen molar-refractivity contribution in [3.63, 3.8) is 0 Å². The van der Waals surface area contributed by atoms with Crippen LogP contribution >= 0.6 is 0 Å². The Balaban J connectivity index is 1.90. The lowest BCUT2D eigenvalue weighted by atomic mass is 10.00. The van der Waals surface area contributed by atoms with Crippen molar-refractivity contribution >= 4 is 11.9 Å². The Labute approximate surface area is 153 Å². The summed E-state index contributed by atoms with van der Waals surface area (Å²) in [7, 11) is 1.26. The molecule has 2 aliphatic heterocycles. The number of hydrogen-bond acceptors (Lipinski definition) is 5. The zero-order chi connectivity index (χ0) is 19.2. The quantitative estimate of drug-likeness (QED) is 0.833. The number of carboxylic acid groups (broad SMARTS) is 1. The highest BCUT2D eigenvalue weighted by molar-refractivity contribution is 5.98. The minimum Gasteiger partial charge on any atom is -0.478 e. The Kier molecular flexibility index (Phi) is 3.91. The zero-order valence-electron chi connectivity index (χ0n) is 14.4. The molecule has 0 radical (unpaired) electrons. The highest BCUT2D eigenvalue weighted by Crippen LogP contribution is 2.39. The van der Waals surface area contributed by atoms with E-state index in [1.165, 1.54) is 31.8 Å². The van der Waals surface area contributed by atoms with Crippen LogP contribution in [-0.2, 0) is 27.2 Å². The Morgan fingerprint density at radius 1 is 1.22 bits per heavy atom. The molecule has 27 heavy (non-hydrogen) atoms. The van der Waals surface area contributed by atoms with Gasteiger partial charge in [-0.05, 0) is 24.3 Å². The Morgan fingerprint density at radius 3 is 2.63 bits per heavy atom. The van der Waals surface area contributed by atoms with E-state index >= 15 is 0 Å². The maximum atomic E-state index is 13.9. The molecule has 140 valence electrons. The summed E-state index contributed by atoms with van der Waals surface area (Å²) in [5.41, 5.74) is 1.44. The monoisotopic (exact) mass is 373 g/mol. The Hall–Kier alpha value is -3.29. The van der Waals surface area contributed by atoms with Gasteiger partial charge in [0.1, 0.15) is 18.3 Å². The van der Waals surface area contributed by atoms with Gasteiger partial charge >= 0.3 is 11.9 Å². The van der Waals surface area contributed by atoms with Gasteiger partial charge in [0.2, 0.25) is 0 Å². The molecule has 0 atom stereocenters. The number of carbonyl (C=O) groups excluding carboxylic acids is 1. The number of halogens is 1. The fraction of sp³-hybridized carbons (Fsp3) is 0.263. The van der Waals surface area contributed by atoms with E-state index in [1.54, 1.807) is 4.57 Å². The number of fused-ring (bicyclic) bond motifs is 1. The molecule has 3 heterocycles. The van der Waals surface area contributed by atoms with Crippen molar-refractivity contribution < 1.29 is 33.3 Å². The Morgan fingerprint density at radius 2 is 1.96 bits per heavy atom. The van der Waals surface area contributed by atoms with Crippen molar-refractivity contribution in [2.45, 2.75) is 25.2 Å². The van der Waals surface area contributed by atoms with Gasteiger partial charge in [-0.3, -0.25) is 0 Å². The van der Waals surface area contributed by atoms with Gasteiger partial charge in [-0.1, -0.05) is 0 Å². The number of nitrogens with zero attached hydrogens (tertiary/aromatic N) is 1. The summed E-state index contributed by atoms with van der Waals surface area (Å²) in [6, 6.07) is 4.99. The molecule has 0 bridgehead atoms. The van der Waals surface area contributed by atoms with Crippen molar-refractivity contribution in [2.24, 2.45) is 0 Å². The molecule has 4 rings (SSSR count). The minimum absolute atomic E-state index is 0.0524. The van der Waals surface area contributed by atoms with Crippen LogP contribution in [0.5, 0.6) is 0 Å². The number of carboxylic acids is 1. The molecule has 7 nitrogen and oxygen atoms in total. The lowest BCUT2D eigenvalue weighted by molar-refractivity contribution is -0.154. The summed E-state index contributed by atoms with van der Waals surface area (Å²) in [6.45, 7) is 0.402. The SMILES string of the molecule is COC(=O)c1cc(-c2cc(F)ccc2C(=O)O)n2c1CC1(CC2)OC=CO1. The number of aromatic nitrogens is 1. The first-order valence-electron chi connectivity index (χ1n) is 8.29. The third-order valence-corrected chi connectivity index (χ3v) is 4.88. The molecule has 8 heteroatoms. The van der Waals surface area contributed by atoms with Crippen LogP contribution in [0.4, 0.5) is 4.39 Å². The maximum Gasteiger partial charge on any atom is 0.339 e. The number of rotatable bonds is 3. The van der Waals surface area contributed by atoms with Crippen molar-refractivity contribution in [1.82, 2.24) is 4.57 Å². The summed E-state index contributed by atoms with van der Waals surface area (Å²) in [5, 5.41) is 9.48. The molecule has 0 unspecified atom stereocenters. The standard InChI is InChI=1S/C19H16FNO6/c1-25-18(24)14-9-15(13-8-11(20)2-3-12(13)17(22)23)21-5-4-19(10-16(14)21)26-6-7-27-19/h2-3,6-9H,4-5,10H2,1H3,(H,22,23). The number of carbonyl (C=O) groups is 2. The molecule has 2 aromatic rings. The maximum absolute atomic E-state index is 13.9. The van der Waals surface area contributed by atoms with E-state index in [4.69, 9.17) is 14.2 Å². The number of benzene rings is 1. The van der Waals surface area contributed by atoms with Gasteiger partial charge in [-0.25, -0.2) is 14.0 Å². The van der Waals surface area contributed by atoms with Gasteiger partial charge in [0.25, 0.3) is 5.79 Å². The van der Waals surface area contributed by atoms with Crippen molar-refractivity contribution in [3.05, 3.63) is 59.4 Å². The van der Waals surface area contributed by atoms with Crippen molar-refractivity contribution in [1.29, 1.82) is 0 Å². The summed E-state index contributed by atoms with van der Waals surface area (Å²) in [6.07, 6.45) is 3.65. The number of aromatic carboxylic acids is 1. The second-order valence-electron chi connectivity index (χ2n) is 6.37. The van der Waals surface area contributed by atoms with E-state index in [0.29, 0.717) is 24.4 Å². The molecule has 2 aliphatic rings.